The van der Waals surface area contributed by atoms with Crippen molar-refractivity contribution in [2.45, 2.75) is 13.0 Å². The summed E-state index contributed by atoms with van der Waals surface area (Å²) in [5.74, 6) is 0. The molecule has 0 unspecified atom stereocenters. The Morgan fingerprint density at radius 1 is 2.00 bits per heavy atom. The smallest absolute Gasteiger partial charge is 0.187 e. The maximum absolute atomic E-state index is 7.96. The van der Waals surface area contributed by atoms with Gasteiger partial charge in [0.1, 0.15) is 0 Å². The van der Waals surface area contributed by atoms with Gasteiger partial charge in [0.25, 0.3) is 0 Å². The highest BCUT2D eigenvalue weighted by molar-refractivity contribution is 6.24. The summed E-state index contributed by atoms with van der Waals surface area (Å²) in [6.45, 7) is 1.97. The van der Waals surface area contributed by atoms with Crippen molar-refractivity contribution in [1.82, 2.24) is 0 Å². The fourth-order valence-electron chi connectivity index (χ4n) is 0. The molecule has 0 aromatic rings. The summed E-state index contributed by atoms with van der Waals surface area (Å²) >= 11 is 0. The van der Waals surface area contributed by atoms with Crippen molar-refractivity contribution in [3.8, 4) is 0 Å². The molecule has 25 valence electrons. The molecular weight excluding hydrogens is 68.1 g/mol. The van der Waals surface area contributed by atoms with Crippen LogP contribution in [0.5, 0.6) is 0 Å². The fraction of sp³-hybridized carbons (Fsp3) is 1.00. The molecule has 1 nitrogen and oxygen atoms in total. The van der Waals surface area contributed by atoms with Crippen LogP contribution in [0.25, 0.3) is 0 Å². The van der Waals surface area contributed by atoms with E-state index in [1.54, 1.807) is 0 Å². The number of hydrogen-bond acceptors (Lipinski definition) is 1. The van der Waals surface area contributed by atoms with Gasteiger partial charge in [0.2, 0.25) is 0 Å². The van der Waals surface area contributed by atoms with Gasteiger partial charge in [-0.15, -0.1) is 0 Å². The minimum atomic E-state index is -0.218. The van der Waals surface area contributed by atoms with Crippen molar-refractivity contribution in [3.63, 3.8) is 0 Å². The minimum absolute atomic E-state index is 0.218. The van der Waals surface area contributed by atoms with Crippen LogP contribution in [0.4, 0.5) is 0 Å². The Morgan fingerprint density at radius 3 is 2.25 bits per heavy atom. The third-order valence-corrected chi connectivity index (χ3v) is 0.548. The van der Waals surface area contributed by atoms with Crippen LogP contribution < -0.4 is 0 Å². The van der Waals surface area contributed by atoms with Crippen molar-refractivity contribution in [2.24, 2.45) is 0 Å². The van der Waals surface area contributed by atoms with Crippen LogP contribution in [0.15, 0.2) is 0 Å². The molecule has 0 rings (SSSR count). The summed E-state index contributed by atoms with van der Waals surface area (Å²) in [4.78, 5) is 7.96. The van der Waals surface area contributed by atoms with E-state index in [4.69, 9.17) is 4.80 Å². The van der Waals surface area contributed by atoms with Crippen LogP contribution in [0.1, 0.15) is 6.92 Å². The molecule has 0 bridgehead atoms. The van der Waals surface area contributed by atoms with Crippen molar-refractivity contribution in [1.29, 1.82) is 0 Å². The second kappa shape index (κ2) is 3.18. The lowest BCUT2D eigenvalue weighted by Crippen LogP contribution is -1.75. The summed E-state index contributed by atoms with van der Waals surface area (Å²) < 4.78 is 0. The first kappa shape index (κ1) is 4.18. The van der Waals surface area contributed by atoms with E-state index in [0.29, 0.717) is 0 Å². The van der Waals surface area contributed by atoms with Crippen LogP contribution in [0.2, 0.25) is 6.04 Å². The van der Waals surface area contributed by atoms with E-state index in [2.05, 4.69) is 0 Å². The van der Waals surface area contributed by atoms with E-state index in [0.717, 1.165) is 6.04 Å². The SMILES string of the molecule is CC[SiH]O. The molecule has 1 radical (unpaired) electrons. The molecule has 0 aliphatic heterocycles. The molecule has 0 spiro atoms. The summed E-state index contributed by atoms with van der Waals surface area (Å²) in [6, 6.07) is 0.958. The average Bonchev–Trinajstić information content (AvgIpc) is 1.37. The Labute approximate surface area is 28.6 Å². The van der Waals surface area contributed by atoms with Crippen LogP contribution in [-0.4, -0.2) is 14.6 Å². The quantitative estimate of drug-likeness (QED) is 0.427. The summed E-state index contributed by atoms with van der Waals surface area (Å²) in [6.07, 6.45) is 0. The van der Waals surface area contributed by atoms with E-state index in [1.165, 1.54) is 0 Å². The second-order valence-electron chi connectivity index (χ2n) is 0.591. The van der Waals surface area contributed by atoms with E-state index < -0.39 is 0 Å². The Hall–Kier alpha value is 0.177. The molecule has 0 heterocycles. The Kier molecular flexibility index (Phi) is 3.32. The van der Waals surface area contributed by atoms with Gasteiger partial charge in [-0.05, 0) is 6.04 Å². The van der Waals surface area contributed by atoms with Crippen molar-refractivity contribution in [3.05, 3.63) is 0 Å². The molecule has 0 aromatic heterocycles. The van der Waals surface area contributed by atoms with Crippen LogP contribution in [0, 0.1) is 0 Å². The first-order valence-corrected chi connectivity index (χ1v) is 2.71. The van der Waals surface area contributed by atoms with E-state index in [-0.39, 0.29) is 9.76 Å². The van der Waals surface area contributed by atoms with Gasteiger partial charge in [0.15, 0.2) is 9.76 Å². The second-order valence-corrected chi connectivity index (χ2v) is 1.77. The molecule has 0 aliphatic carbocycles. The van der Waals surface area contributed by atoms with Gasteiger partial charge in [-0.2, -0.15) is 0 Å². The highest BCUT2D eigenvalue weighted by Crippen LogP contribution is 1.60. The van der Waals surface area contributed by atoms with Gasteiger partial charge in [-0.3, -0.25) is 0 Å². The van der Waals surface area contributed by atoms with Crippen LogP contribution in [-0.2, 0) is 0 Å². The third-order valence-electron chi connectivity index (χ3n) is 0.183. The van der Waals surface area contributed by atoms with E-state index in [9.17, 15) is 0 Å². The molecule has 4 heavy (non-hydrogen) atoms. The zero-order valence-corrected chi connectivity index (χ0v) is 3.89. The van der Waals surface area contributed by atoms with Crippen LogP contribution in [0.3, 0.4) is 0 Å². The van der Waals surface area contributed by atoms with Gasteiger partial charge < -0.3 is 4.80 Å². The van der Waals surface area contributed by atoms with E-state index >= 15 is 0 Å². The van der Waals surface area contributed by atoms with Gasteiger partial charge >= 0.3 is 0 Å². The predicted octanol–water partition coefficient (Wildman–Crippen LogP) is -0.232. The Balaban J connectivity index is 1.97. The molecule has 2 heteroatoms. The van der Waals surface area contributed by atoms with Crippen molar-refractivity contribution >= 4 is 9.76 Å². The average molecular weight is 75.2 g/mol. The molecule has 0 amide bonds. The van der Waals surface area contributed by atoms with Gasteiger partial charge in [-0.1, -0.05) is 6.92 Å². The monoisotopic (exact) mass is 75.0 g/mol. The van der Waals surface area contributed by atoms with Gasteiger partial charge in [-0.25, -0.2) is 0 Å². The van der Waals surface area contributed by atoms with Crippen molar-refractivity contribution in [2.75, 3.05) is 0 Å². The highest BCUT2D eigenvalue weighted by atomic mass is 28.2. The summed E-state index contributed by atoms with van der Waals surface area (Å²) in [5, 5.41) is 0. The predicted molar refractivity (Wildman–Crippen MR) is 19.8 cm³/mol. The lowest BCUT2D eigenvalue weighted by Gasteiger charge is -1.65. The standard InChI is InChI=1S/C2H7OSi/c1-2-4-3/h3-4H,2H2,1H3. The first-order valence-electron chi connectivity index (χ1n) is 1.37. The van der Waals surface area contributed by atoms with Crippen LogP contribution >= 0.6 is 0 Å². The van der Waals surface area contributed by atoms with E-state index in [1.807, 2.05) is 6.92 Å². The van der Waals surface area contributed by atoms with Gasteiger partial charge in [0, 0.05) is 0 Å². The molecular formula is C2H7OSi. The molecule has 0 atom stereocenters. The summed E-state index contributed by atoms with van der Waals surface area (Å²) in [5.41, 5.74) is 0. The first-order chi connectivity index (χ1) is 1.91. The largest absolute Gasteiger partial charge is 0.435 e. The molecule has 0 aliphatic rings. The highest BCUT2D eigenvalue weighted by Gasteiger charge is 1.62. The molecule has 0 saturated heterocycles. The number of hydrogen-bond donors (Lipinski definition) is 1. The third kappa shape index (κ3) is 2.18. The maximum atomic E-state index is 7.96. The normalized spacial score (nSPS) is 7.50. The zero-order chi connectivity index (χ0) is 3.41. The topological polar surface area (TPSA) is 20.2 Å². The van der Waals surface area contributed by atoms with Crippen molar-refractivity contribution < 1.29 is 4.80 Å². The summed E-state index contributed by atoms with van der Waals surface area (Å²) in [7, 11) is -0.218. The maximum Gasteiger partial charge on any atom is 0.187 e. The molecule has 0 saturated carbocycles. The Morgan fingerprint density at radius 2 is 2.25 bits per heavy atom. The fourth-order valence-corrected chi connectivity index (χ4v) is 0. The molecule has 1 N–H and O–H groups in total. The number of rotatable bonds is 1. The molecule has 0 fully saturated rings. The lowest BCUT2D eigenvalue weighted by molar-refractivity contribution is 0.602. The minimum Gasteiger partial charge on any atom is -0.435 e. The lowest BCUT2D eigenvalue weighted by atomic mass is 11.0. The zero-order valence-electron chi connectivity index (χ0n) is 2.73. The molecule has 0 aromatic carbocycles. The Bertz CT molecular complexity index is 8.00. The van der Waals surface area contributed by atoms with Gasteiger partial charge in [0.05, 0.1) is 0 Å².